The van der Waals surface area contributed by atoms with Gasteiger partial charge in [0.2, 0.25) is 29.5 Å². The zero-order valence-corrected chi connectivity index (χ0v) is 21.7. The molecule has 0 aliphatic carbocycles. The summed E-state index contributed by atoms with van der Waals surface area (Å²) >= 11 is 0. The molecule has 15 nitrogen and oxygen atoms in total. The number of nitrogens with two attached hydrogens (primary N) is 3. The number of carboxylic acids is 1. The van der Waals surface area contributed by atoms with E-state index < -0.39 is 59.7 Å². The molecular weight excluding hydrogens is 524 g/mol. The predicted molar refractivity (Wildman–Crippen MR) is 141 cm³/mol. The Kier molecular flexibility index (Phi) is 12.2. The Balaban J connectivity index is 2.25. The fourth-order valence-electron chi connectivity index (χ4n) is 3.68. The van der Waals surface area contributed by atoms with Crippen molar-refractivity contribution >= 4 is 35.5 Å². The number of rotatable bonds is 17. The van der Waals surface area contributed by atoms with E-state index in [1.807, 2.05) is 0 Å². The van der Waals surface area contributed by atoms with Crippen LogP contribution in [-0.2, 0) is 41.6 Å². The first-order chi connectivity index (χ1) is 19.0. The molecule has 1 heterocycles. The summed E-state index contributed by atoms with van der Waals surface area (Å²) in [6, 6.07) is 3.62. The van der Waals surface area contributed by atoms with Crippen LogP contribution in [0.15, 0.2) is 42.9 Å². The Morgan fingerprint density at radius 3 is 1.90 bits per heavy atom. The molecule has 4 unspecified atom stereocenters. The lowest BCUT2D eigenvalue weighted by atomic mass is 10.0. The Hall–Kier alpha value is -4.79. The maximum absolute atomic E-state index is 13.4. The average molecular weight is 559 g/mol. The molecule has 0 spiro atoms. The van der Waals surface area contributed by atoms with Crippen molar-refractivity contribution in [1.29, 1.82) is 0 Å². The smallest absolute Gasteiger partial charge is 0.326 e. The van der Waals surface area contributed by atoms with Crippen LogP contribution < -0.4 is 33.2 Å². The fourth-order valence-corrected chi connectivity index (χ4v) is 3.68. The normalized spacial score (nSPS) is 13.7. The molecule has 0 aliphatic heterocycles. The molecule has 0 bridgehead atoms. The maximum Gasteiger partial charge on any atom is 0.326 e. The molecule has 0 saturated carbocycles. The van der Waals surface area contributed by atoms with Gasteiger partial charge in [-0.25, -0.2) is 9.78 Å². The summed E-state index contributed by atoms with van der Waals surface area (Å²) < 4.78 is 0. The third-order valence-corrected chi connectivity index (χ3v) is 5.86. The third kappa shape index (κ3) is 10.9. The first kappa shape index (κ1) is 31.4. The molecule has 1 aromatic carbocycles. The number of carboxylic acid groups (broad SMARTS) is 1. The second kappa shape index (κ2) is 15.6. The van der Waals surface area contributed by atoms with E-state index in [4.69, 9.17) is 17.2 Å². The molecule has 1 aromatic heterocycles. The number of primary amides is 2. The van der Waals surface area contributed by atoms with Crippen LogP contribution in [0, 0.1) is 0 Å². The van der Waals surface area contributed by atoms with Gasteiger partial charge in [0.1, 0.15) is 18.1 Å². The lowest BCUT2D eigenvalue weighted by Gasteiger charge is -2.25. The highest BCUT2D eigenvalue weighted by Crippen LogP contribution is 2.08. The van der Waals surface area contributed by atoms with Crippen LogP contribution in [0.1, 0.15) is 36.9 Å². The van der Waals surface area contributed by atoms with Gasteiger partial charge in [-0.15, -0.1) is 0 Å². The van der Waals surface area contributed by atoms with Crippen LogP contribution in [0.3, 0.4) is 0 Å². The number of H-pyrrole nitrogens is 1. The van der Waals surface area contributed by atoms with Crippen molar-refractivity contribution in [2.24, 2.45) is 17.2 Å². The summed E-state index contributed by atoms with van der Waals surface area (Å²) in [6.45, 7) is 0. The molecule has 0 aliphatic rings. The van der Waals surface area contributed by atoms with E-state index in [0.717, 1.165) is 0 Å². The predicted octanol–water partition coefficient (Wildman–Crippen LogP) is -2.41. The number of imidazole rings is 1. The van der Waals surface area contributed by atoms with Gasteiger partial charge >= 0.3 is 5.97 Å². The van der Waals surface area contributed by atoms with Crippen LogP contribution >= 0.6 is 0 Å². The number of benzene rings is 1. The molecule has 0 fully saturated rings. The molecule has 0 saturated heterocycles. The van der Waals surface area contributed by atoms with E-state index in [0.29, 0.717) is 11.3 Å². The Morgan fingerprint density at radius 2 is 1.35 bits per heavy atom. The van der Waals surface area contributed by atoms with E-state index in [-0.39, 0.29) is 38.5 Å². The maximum atomic E-state index is 13.4. The monoisotopic (exact) mass is 558 g/mol. The number of hydrogen-bond donors (Lipinski definition) is 8. The summed E-state index contributed by atoms with van der Waals surface area (Å²) in [7, 11) is 0. The Morgan fingerprint density at radius 1 is 0.800 bits per heavy atom. The van der Waals surface area contributed by atoms with Crippen LogP contribution in [0.2, 0.25) is 0 Å². The van der Waals surface area contributed by atoms with Gasteiger partial charge in [0.25, 0.3) is 0 Å². The van der Waals surface area contributed by atoms with Gasteiger partial charge in [-0.05, 0) is 18.4 Å². The average Bonchev–Trinajstić information content (AvgIpc) is 3.42. The molecule has 5 amide bonds. The zero-order chi connectivity index (χ0) is 29.7. The highest BCUT2D eigenvalue weighted by molar-refractivity contribution is 5.94. The first-order valence-electron chi connectivity index (χ1n) is 12.4. The van der Waals surface area contributed by atoms with Crippen molar-refractivity contribution in [2.45, 2.75) is 62.7 Å². The summed E-state index contributed by atoms with van der Waals surface area (Å²) in [6.07, 6.45) is 2.08. The summed E-state index contributed by atoms with van der Waals surface area (Å²) in [5.74, 6) is -5.05. The standard InChI is InChI=1S/C25H34N8O7/c26-16(6-8-20(27)34)22(36)32-19(11-15-12-29-13-30-15)24(38)33-18(10-14-4-2-1-3-5-14)23(37)31-17(25(39)40)7-9-21(28)35/h1-5,12-13,16-19H,6-11,26H2,(H2,27,34)(H2,28,35)(H,29,30)(H,31,37)(H,32,36)(H,33,38)(H,39,40). The van der Waals surface area contributed by atoms with Crippen LogP contribution in [0.25, 0.3) is 0 Å². The topological polar surface area (TPSA) is 265 Å². The fraction of sp³-hybridized carbons (Fsp3) is 0.400. The minimum atomic E-state index is -1.43. The highest BCUT2D eigenvalue weighted by atomic mass is 16.4. The van der Waals surface area contributed by atoms with Crippen molar-refractivity contribution in [3.8, 4) is 0 Å². The quantitative estimate of drug-likeness (QED) is 0.103. The van der Waals surface area contributed by atoms with Crippen LogP contribution in [0.4, 0.5) is 0 Å². The SMILES string of the molecule is NC(=O)CCC(N)C(=O)NC(Cc1cnc[nH]1)C(=O)NC(Cc1ccccc1)C(=O)NC(CCC(N)=O)C(=O)O. The highest BCUT2D eigenvalue weighted by Gasteiger charge is 2.31. The number of carbonyl (C=O) groups excluding carboxylic acids is 5. The van der Waals surface area contributed by atoms with Crippen LogP contribution in [-0.4, -0.2) is 74.7 Å². The van der Waals surface area contributed by atoms with Gasteiger partial charge in [0, 0.05) is 37.6 Å². The lowest BCUT2D eigenvalue weighted by molar-refractivity contribution is -0.142. The number of nitrogens with zero attached hydrogens (tertiary/aromatic N) is 1. The minimum Gasteiger partial charge on any atom is -0.480 e. The largest absolute Gasteiger partial charge is 0.480 e. The minimum absolute atomic E-state index is 0.0105. The molecule has 15 heteroatoms. The number of carbonyl (C=O) groups is 6. The number of nitrogens with one attached hydrogen (secondary N) is 4. The second-order valence-corrected chi connectivity index (χ2v) is 9.11. The van der Waals surface area contributed by atoms with E-state index in [1.54, 1.807) is 30.3 Å². The van der Waals surface area contributed by atoms with Crippen molar-refractivity contribution in [3.63, 3.8) is 0 Å². The Labute approximate surface area is 229 Å². The number of aromatic nitrogens is 2. The van der Waals surface area contributed by atoms with Gasteiger partial charge in [0.05, 0.1) is 12.4 Å². The number of aliphatic carboxylic acids is 1. The molecule has 216 valence electrons. The summed E-state index contributed by atoms with van der Waals surface area (Å²) in [5, 5.41) is 16.9. The number of aromatic amines is 1. The summed E-state index contributed by atoms with van der Waals surface area (Å²) in [5.41, 5.74) is 17.2. The molecule has 40 heavy (non-hydrogen) atoms. The van der Waals surface area contributed by atoms with Crippen LogP contribution in [0.5, 0.6) is 0 Å². The molecular formula is C25H34N8O7. The van der Waals surface area contributed by atoms with E-state index >= 15 is 0 Å². The molecule has 0 radical (unpaired) electrons. The first-order valence-corrected chi connectivity index (χ1v) is 12.4. The van der Waals surface area contributed by atoms with Gasteiger partial charge in [-0.3, -0.25) is 24.0 Å². The molecule has 11 N–H and O–H groups in total. The van der Waals surface area contributed by atoms with Gasteiger partial charge in [-0.1, -0.05) is 30.3 Å². The van der Waals surface area contributed by atoms with E-state index in [2.05, 4.69) is 25.9 Å². The second-order valence-electron chi connectivity index (χ2n) is 9.11. The number of amides is 5. The zero-order valence-electron chi connectivity index (χ0n) is 21.7. The Bertz CT molecular complexity index is 1170. The van der Waals surface area contributed by atoms with Gasteiger partial charge in [-0.2, -0.15) is 0 Å². The third-order valence-electron chi connectivity index (χ3n) is 5.86. The molecule has 2 rings (SSSR count). The lowest BCUT2D eigenvalue weighted by Crippen LogP contribution is -2.58. The number of hydrogen-bond acceptors (Lipinski definition) is 8. The molecule has 4 atom stereocenters. The van der Waals surface area contributed by atoms with Crippen molar-refractivity contribution in [1.82, 2.24) is 25.9 Å². The van der Waals surface area contributed by atoms with Gasteiger partial charge < -0.3 is 43.2 Å². The van der Waals surface area contributed by atoms with Crippen molar-refractivity contribution in [3.05, 3.63) is 54.1 Å². The van der Waals surface area contributed by atoms with Crippen molar-refractivity contribution in [2.75, 3.05) is 0 Å². The van der Waals surface area contributed by atoms with E-state index in [1.165, 1.54) is 12.5 Å². The summed E-state index contributed by atoms with van der Waals surface area (Å²) in [4.78, 5) is 79.8. The van der Waals surface area contributed by atoms with E-state index in [9.17, 15) is 33.9 Å². The molecule has 2 aromatic rings. The van der Waals surface area contributed by atoms with Gasteiger partial charge in [0.15, 0.2) is 0 Å². The van der Waals surface area contributed by atoms with Crippen molar-refractivity contribution < 1.29 is 33.9 Å².